The number of nitrogens with zero attached hydrogens (tertiary/aromatic N) is 1. The van der Waals surface area contributed by atoms with Gasteiger partial charge in [-0.1, -0.05) is 32.6 Å². The van der Waals surface area contributed by atoms with Gasteiger partial charge in [0.1, 0.15) is 0 Å². The normalized spacial score (nSPS) is 20.1. The zero-order valence-corrected chi connectivity index (χ0v) is 14.2. The lowest BCUT2D eigenvalue weighted by molar-refractivity contribution is 0.0247. The molecule has 1 aliphatic rings. The minimum Gasteiger partial charge on any atom is -0.383 e. The highest BCUT2D eigenvalue weighted by atomic mass is 16.5. The van der Waals surface area contributed by atoms with E-state index in [2.05, 4.69) is 25.7 Å². The first-order chi connectivity index (χ1) is 9.59. The maximum absolute atomic E-state index is 6.17. The molecule has 2 atom stereocenters. The average Bonchev–Trinajstić information content (AvgIpc) is 3.28. The van der Waals surface area contributed by atoms with Gasteiger partial charge >= 0.3 is 0 Å². The van der Waals surface area contributed by atoms with Gasteiger partial charge in [-0.05, 0) is 39.0 Å². The van der Waals surface area contributed by atoms with Crippen LogP contribution in [0.25, 0.3) is 0 Å². The maximum Gasteiger partial charge on any atom is 0.0590 e. The number of hydrogen-bond donors (Lipinski definition) is 1. The van der Waals surface area contributed by atoms with E-state index < -0.39 is 0 Å². The minimum atomic E-state index is 0.133. The molecule has 0 saturated heterocycles. The molecule has 20 heavy (non-hydrogen) atoms. The Hall–Kier alpha value is -0.120. The molecular weight excluding hydrogens is 248 g/mol. The van der Waals surface area contributed by atoms with Gasteiger partial charge in [0.2, 0.25) is 0 Å². The molecule has 0 aliphatic heterocycles. The van der Waals surface area contributed by atoms with E-state index in [0.717, 1.165) is 25.6 Å². The fourth-order valence-electron chi connectivity index (χ4n) is 3.28. The summed E-state index contributed by atoms with van der Waals surface area (Å²) in [6.45, 7) is 9.57. The Kier molecular flexibility index (Phi) is 8.08. The Morgan fingerprint density at radius 1 is 1.30 bits per heavy atom. The Bertz CT molecular complexity index is 255. The van der Waals surface area contributed by atoms with Crippen molar-refractivity contribution < 1.29 is 4.74 Å². The molecule has 2 N–H and O–H groups in total. The molecule has 0 amide bonds. The van der Waals surface area contributed by atoms with Crippen LogP contribution in [0, 0.1) is 5.92 Å². The number of hydrogen-bond acceptors (Lipinski definition) is 3. The third-order valence-electron chi connectivity index (χ3n) is 5.03. The molecule has 0 radical (unpaired) electrons. The van der Waals surface area contributed by atoms with Crippen molar-refractivity contribution in [2.24, 2.45) is 11.7 Å². The molecular formula is C17H36N2O. The van der Waals surface area contributed by atoms with E-state index >= 15 is 0 Å². The standard InChI is InChI=1S/C17H36N2O/c1-5-6-7-8-11-17(3,14-18)19(12-13-20-4)15(2)16-9-10-16/h15-16H,5-14,18H2,1-4H3. The summed E-state index contributed by atoms with van der Waals surface area (Å²) >= 11 is 0. The van der Waals surface area contributed by atoms with Gasteiger partial charge in [-0.2, -0.15) is 0 Å². The molecule has 1 saturated carbocycles. The van der Waals surface area contributed by atoms with Gasteiger partial charge in [-0.3, -0.25) is 4.90 Å². The van der Waals surface area contributed by atoms with E-state index in [1.54, 1.807) is 7.11 Å². The first kappa shape index (κ1) is 17.9. The molecule has 0 aromatic carbocycles. The fourth-order valence-corrected chi connectivity index (χ4v) is 3.28. The molecule has 3 heteroatoms. The summed E-state index contributed by atoms with van der Waals surface area (Å²) in [5.74, 6) is 0.883. The molecule has 1 aliphatic carbocycles. The van der Waals surface area contributed by atoms with Crippen molar-refractivity contribution in [2.75, 3.05) is 26.8 Å². The number of ether oxygens (including phenoxy) is 1. The van der Waals surface area contributed by atoms with E-state index in [1.165, 1.54) is 44.9 Å². The molecule has 0 aromatic rings. The SMILES string of the molecule is CCCCCCC(C)(CN)N(CCOC)C(C)C1CC1. The van der Waals surface area contributed by atoms with Crippen LogP contribution in [-0.2, 0) is 4.74 Å². The number of methoxy groups -OCH3 is 1. The fraction of sp³-hybridized carbons (Fsp3) is 1.00. The van der Waals surface area contributed by atoms with Crippen LogP contribution in [0.4, 0.5) is 0 Å². The van der Waals surface area contributed by atoms with E-state index in [1.807, 2.05) is 0 Å². The van der Waals surface area contributed by atoms with Crippen LogP contribution in [0.2, 0.25) is 0 Å². The number of nitrogens with two attached hydrogens (primary N) is 1. The quantitative estimate of drug-likeness (QED) is 0.558. The van der Waals surface area contributed by atoms with E-state index in [0.29, 0.717) is 6.04 Å². The Labute approximate surface area is 126 Å². The summed E-state index contributed by atoms with van der Waals surface area (Å²) in [4.78, 5) is 2.64. The van der Waals surface area contributed by atoms with Gasteiger partial charge < -0.3 is 10.5 Å². The smallest absolute Gasteiger partial charge is 0.0590 e. The summed E-state index contributed by atoms with van der Waals surface area (Å²) in [7, 11) is 1.79. The highest BCUT2D eigenvalue weighted by Gasteiger charge is 2.39. The molecule has 0 spiro atoms. The molecule has 1 rings (SSSR count). The van der Waals surface area contributed by atoms with Crippen molar-refractivity contribution in [1.29, 1.82) is 0 Å². The van der Waals surface area contributed by atoms with Crippen LogP contribution < -0.4 is 5.73 Å². The molecule has 120 valence electrons. The van der Waals surface area contributed by atoms with Gasteiger partial charge in [0.05, 0.1) is 6.61 Å². The van der Waals surface area contributed by atoms with Gasteiger partial charge in [-0.15, -0.1) is 0 Å². The largest absolute Gasteiger partial charge is 0.383 e. The van der Waals surface area contributed by atoms with E-state index in [9.17, 15) is 0 Å². The lowest BCUT2D eigenvalue weighted by atomic mass is 9.89. The molecule has 1 fully saturated rings. The third kappa shape index (κ3) is 5.34. The van der Waals surface area contributed by atoms with Crippen LogP contribution in [0.15, 0.2) is 0 Å². The Balaban J connectivity index is 2.60. The molecule has 3 nitrogen and oxygen atoms in total. The molecule has 0 heterocycles. The first-order valence-corrected chi connectivity index (χ1v) is 8.54. The van der Waals surface area contributed by atoms with Gasteiger partial charge in [0.25, 0.3) is 0 Å². The highest BCUT2D eigenvalue weighted by Crippen LogP contribution is 2.38. The second-order valence-corrected chi connectivity index (χ2v) is 6.78. The lowest BCUT2D eigenvalue weighted by Gasteiger charge is -2.45. The molecule has 0 aromatic heterocycles. The maximum atomic E-state index is 6.17. The van der Waals surface area contributed by atoms with Gasteiger partial charge in [-0.25, -0.2) is 0 Å². The lowest BCUT2D eigenvalue weighted by Crippen LogP contribution is -2.56. The van der Waals surface area contributed by atoms with Crippen LogP contribution in [-0.4, -0.2) is 43.3 Å². The zero-order chi connectivity index (χ0) is 15.0. The van der Waals surface area contributed by atoms with Crippen LogP contribution in [0.5, 0.6) is 0 Å². The van der Waals surface area contributed by atoms with Crippen molar-refractivity contribution in [1.82, 2.24) is 4.90 Å². The number of unbranched alkanes of at least 4 members (excludes halogenated alkanes) is 3. The van der Waals surface area contributed by atoms with Crippen molar-refractivity contribution in [3.63, 3.8) is 0 Å². The van der Waals surface area contributed by atoms with E-state index in [4.69, 9.17) is 10.5 Å². The predicted molar refractivity (Wildman–Crippen MR) is 87.0 cm³/mol. The Morgan fingerprint density at radius 2 is 2.00 bits per heavy atom. The van der Waals surface area contributed by atoms with Gasteiger partial charge in [0.15, 0.2) is 0 Å². The van der Waals surface area contributed by atoms with Gasteiger partial charge in [0, 0.05) is 31.8 Å². The van der Waals surface area contributed by atoms with E-state index in [-0.39, 0.29) is 5.54 Å². The third-order valence-corrected chi connectivity index (χ3v) is 5.03. The van der Waals surface area contributed by atoms with Crippen molar-refractivity contribution in [2.45, 2.75) is 77.3 Å². The van der Waals surface area contributed by atoms with Crippen LogP contribution >= 0.6 is 0 Å². The summed E-state index contributed by atoms with van der Waals surface area (Å²) in [6.07, 6.45) is 9.26. The first-order valence-electron chi connectivity index (χ1n) is 8.54. The van der Waals surface area contributed by atoms with Crippen molar-refractivity contribution >= 4 is 0 Å². The second kappa shape index (κ2) is 9.01. The summed E-state index contributed by atoms with van der Waals surface area (Å²) < 4.78 is 5.32. The highest BCUT2D eigenvalue weighted by molar-refractivity contribution is 4.95. The summed E-state index contributed by atoms with van der Waals surface area (Å²) in [5, 5.41) is 0. The van der Waals surface area contributed by atoms with Crippen molar-refractivity contribution in [3.8, 4) is 0 Å². The Morgan fingerprint density at radius 3 is 2.50 bits per heavy atom. The van der Waals surface area contributed by atoms with Crippen LogP contribution in [0.1, 0.15) is 65.7 Å². The topological polar surface area (TPSA) is 38.5 Å². The van der Waals surface area contributed by atoms with Crippen molar-refractivity contribution in [3.05, 3.63) is 0 Å². The number of rotatable bonds is 12. The van der Waals surface area contributed by atoms with Crippen LogP contribution in [0.3, 0.4) is 0 Å². The summed E-state index contributed by atoms with van der Waals surface area (Å²) in [6, 6.07) is 0.643. The molecule has 0 bridgehead atoms. The monoisotopic (exact) mass is 284 g/mol. The zero-order valence-electron chi connectivity index (χ0n) is 14.2. The summed E-state index contributed by atoms with van der Waals surface area (Å²) in [5.41, 5.74) is 6.30. The average molecular weight is 284 g/mol. The molecule has 2 unspecified atom stereocenters. The second-order valence-electron chi connectivity index (χ2n) is 6.78. The predicted octanol–water partition coefficient (Wildman–Crippen LogP) is 3.42. The minimum absolute atomic E-state index is 0.133.